The molecule has 1 aromatic heterocycles. The molecule has 2 aromatic rings. The molecule has 0 aliphatic rings. The van der Waals surface area contributed by atoms with Gasteiger partial charge in [-0.05, 0) is 43.0 Å². The van der Waals surface area contributed by atoms with Crippen LogP contribution < -0.4 is 10.6 Å². The number of carbonyl (C=O) groups excluding carboxylic acids is 1. The molecule has 0 spiro atoms. The molecule has 0 aliphatic heterocycles. The predicted octanol–water partition coefficient (Wildman–Crippen LogP) is 3.74. The fraction of sp³-hybridized carbons (Fsp3) is 0.267. The van der Waals surface area contributed by atoms with Crippen LogP contribution in [0.4, 0.5) is 10.5 Å². The molecule has 3 N–H and O–H groups in total. The Morgan fingerprint density at radius 3 is 2.86 bits per heavy atom. The summed E-state index contributed by atoms with van der Waals surface area (Å²) in [4.78, 5) is 12.7. The maximum absolute atomic E-state index is 11.9. The second-order valence-electron chi connectivity index (χ2n) is 5.04. The van der Waals surface area contributed by atoms with E-state index in [1.165, 1.54) is 11.3 Å². The van der Waals surface area contributed by atoms with E-state index < -0.39 is 11.6 Å². The molecule has 2 amide bonds. The Bertz CT molecular complexity index is 627. The van der Waals surface area contributed by atoms with Gasteiger partial charge in [-0.3, -0.25) is 0 Å². The SMILES string of the molecule is Cc1ccc(Cl)c(NC(=O)NCC(C)(O)c2cccs2)c1. The predicted molar refractivity (Wildman–Crippen MR) is 87.1 cm³/mol. The van der Waals surface area contributed by atoms with E-state index >= 15 is 0 Å². The van der Waals surface area contributed by atoms with E-state index in [4.69, 9.17) is 11.6 Å². The Morgan fingerprint density at radius 2 is 2.19 bits per heavy atom. The van der Waals surface area contributed by atoms with Crippen LogP contribution in [0.2, 0.25) is 5.02 Å². The first-order chi connectivity index (χ1) is 9.88. The molecule has 21 heavy (non-hydrogen) atoms. The Balaban J connectivity index is 1.95. The third-order valence-corrected chi connectivity index (χ3v) is 4.47. The largest absolute Gasteiger partial charge is 0.383 e. The van der Waals surface area contributed by atoms with Gasteiger partial charge in [0.2, 0.25) is 0 Å². The highest BCUT2D eigenvalue weighted by Gasteiger charge is 2.24. The van der Waals surface area contributed by atoms with Crippen LogP contribution in [0.15, 0.2) is 35.7 Å². The smallest absolute Gasteiger partial charge is 0.319 e. The maximum Gasteiger partial charge on any atom is 0.319 e. The van der Waals surface area contributed by atoms with Gasteiger partial charge in [0.05, 0.1) is 17.3 Å². The number of thiophene rings is 1. The van der Waals surface area contributed by atoms with Crippen molar-refractivity contribution < 1.29 is 9.90 Å². The summed E-state index contributed by atoms with van der Waals surface area (Å²) in [5, 5.41) is 18.0. The van der Waals surface area contributed by atoms with Crippen molar-refractivity contribution in [1.82, 2.24) is 5.32 Å². The van der Waals surface area contributed by atoms with Crippen LogP contribution in [0, 0.1) is 6.92 Å². The van der Waals surface area contributed by atoms with Crippen LogP contribution in [0.1, 0.15) is 17.4 Å². The molecule has 0 radical (unpaired) electrons. The number of aliphatic hydroxyl groups is 1. The molecule has 0 fully saturated rings. The van der Waals surface area contributed by atoms with Gasteiger partial charge >= 0.3 is 6.03 Å². The van der Waals surface area contributed by atoms with Crippen LogP contribution in [-0.4, -0.2) is 17.7 Å². The summed E-state index contributed by atoms with van der Waals surface area (Å²) in [7, 11) is 0. The van der Waals surface area contributed by atoms with Crippen molar-refractivity contribution in [3.05, 3.63) is 51.2 Å². The van der Waals surface area contributed by atoms with Crippen LogP contribution in [0.25, 0.3) is 0 Å². The first-order valence-corrected chi connectivity index (χ1v) is 7.71. The summed E-state index contributed by atoms with van der Waals surface area (Å²) >= 11 is 7.47. The minimum absolute atomic E-state index is 0.114. The van der Waals surface area contributed by atoms with E-state index in [0.29, 0.717) is 10.7 Å². The molecule has 112 valence electrons. The topological polar surface area (TPSA) is 61.4 Å². The molecule has 4 nitrogen and oxygen atoms in total. The highest BCUT2D eigenvalue weighted by Crippen LogP contribution is 2.25. The molecule has 1 unspecified atom stereocenters. The van der Waals surface area contributed by atoms with Crippen molar-refractivity contribution in [2.75, 3.05) is 11.9 Å². The molecule has 0 bridgehead atoms. The van der Waals surface area contributed by atoms with E-state index in [0.717, 1.165) is 10.4 Å². The lowest BCUT2D eigenvalue weighted by molar-refractivity contribution is 0.0637. The summed E-state index contributed by atoms with van der Waals surface area (Å²) in [6, 6.07) is 8.68. The number of hydrogen-bond donors (Lipinski definition) is 3. The Labute approximate surface area is 132 Å². The van der Waals surface area contributed by atoms with Gasteiger partial charge in [-0.1, -0.05) is 23.7 Å². The monoisotopic (exact) mass is 324 g/mol. The molecular weight excluding hydrogens is 308 g/mol. The van der Waals surface area contributed by atoms with Gasteiger partial charge in [-0.15, -0.1) is 11.3 Å². The fourth-order valence-corrected chi connectivity index (χ4v) is 2.78. The lowest BCUT2D eigenvalue weighted by Gasteiger charge is -2.22. The number of hydrogen-bond acceptors (Lipinski definition) is 3. The molecule has 6 heteroatoms. The van der Waals surface area contributed by atoms with Crippen LogP contribution >= 0.6 is 22.9 Å². The van der Waals surface area contributed by atoms with E-state index in [-0.39, 0.29) is 6.54 Å². The zero-order valence-corrected chi connectivity index (χ0v) is 13.4. The Kier molecular flexibility index (Phi) is 4.88. The lowest BCUT2D eigenvalue weighted by Crippen LogP contribution is -2.40. The Morgan fingerprint density at radius 1 is 1.43 bits per heavy atom. The lowest BCUT2D eigenvalue weighted by atomic mass is 10.1. The van der Waals surface area contributed by atoms with Crippen molar-refractivity contribution >= 4 is 34.7 Å². The zero-order valence-electron chi connectivity index (χ0n) is 11.8. The van der Waals surface area contributed by atoms with Crippen molar-refractivity contribution in [3.63, 3.8) is 0 Å². The summed E-state index contributed by atoms with van der Waals surface area (Å²) in [5.41, 5.74) is 0.451. The number of urea groups is 1. The molecule has 0 saturated carbocycles. The van der Waals surface area contributed by atoms with Crippen molar-refractivity contribution in [2.45, 2.75) is 19.4 Å². The van der Waals surface area contributed by atoms with Gasteiger partial charge in [-0.25, -0.2) is 4.79 Å². The molecule has 1 atom stereocenters. The van der Waals surface area contributed by atoms with Gasteiger partial charge in [0.1, 0.15) is 5.60 Å². The Hall–Kier alpha value is -1.56. The van der Waals surface area contributed by atoms with E-state index in [9.17, 15) is 9.90 Å². The third-order valence-electron chi connectivity index (χ3n) is 3.02. The first-order valence-electron chi connectivity index (χ1n) is 6.46. The second kappa shape index (κ2) is 6.47. The van der Waals surface area contributed by atoms with Gasteiger partial charge in [-0.2, -0.15) is 0 Å². The molecule has 2 rings (SSSR count). The van der Waals surface area contributed by atoms with Gasteiger partial charge in [0, 0.05) is 4.88 Å². The number of carbonyl (C=O) groups is 1. The average Bonchev–Trinajstić information content (AvgIpc) is 2.96. The molecular formula is C15H17ClN2O2S. The fourth-order valence-electron chi connectivity index (χ4n) is 1.83. The third kappa shape index (κ3) is 4.20. The van der Waals surface area contributed by atoms with Crippen molar-refractivity contribution in [1.29, 1.82) is 0 Å². The minimum Gasteiger partial charge on any atom is -0.383 e. The number of aryl methyl sites for hydroxylation is 1. The standard InChI is InChI=1S/C15H17ClN2O2S/c1-10-5-6-11(16)12(8-10)18-14(19)17-9-15(2,20)13-4-3-7-21-13/h3-8,20H,9H2,1-2H3,(H2,17,18,19). The van der Waals surface area contributed by atoms with Crippen molar-refractivity contribution in [2.24, 2.45) is 0 Å². The van der Waals surface area contributed by atoms with E-state index in [2.05, 4.69) is 10.6 Å². The molecule has 1 aromatic carbocycles. The minimum atomic E-state index is -1.10. The van der Waals surface area contributed by atoms with Gasteiger partial charge < -0.3 is 15.7 Å². The summed E-state index contributed by atoms with van der Waals surface area (Å²) in [5.74, 6) is 0. The number of rotatable bonds is 4. The highest BCUT2D eigenvalue weighted by atomic mass is 35.5. The van der Waals surface area contributed by atoms with Crippen LogP contribution in [-0.2, 0) is 5.60 Å². The summed E-state index contributed by atoms with van der Waals surface area (Å²) in [6.45, 7) is 3.70. The normalized spacial score (nSPS) is 13.5. The highest BCUT2D eigenvalue weighted by molar-refractivity contribution is 7.10. The van der Waals surface area contributed by atoms with Crippen molar-refractivity contribution in [3.8, 4) is 0 Å². The number of halogens is 1. The first kappa shape index (κ1) is 15.8. The van der Waals surface area contributed by atoms with E-state index in [1.54, 1.807) is 19.1 Å². The van der Waals surface area contributed by atoms with Crippen LogP contribution in [0.5, 0.6) is 0 Å². The van der Waals surface area contributed by atoms with Crippen LogP contribution in [0.3, 0.4) is 0 Å². The number of benzene rings is 1. The number of amides is 2. The second-order valence-corrected chi connectivity index (χ2v) is 6.40. The van der Waals surface area contributed by atoms with Gasteiger partial charge in [0.25, 0.3) is 0 Å². The zero-order chi connectivity index (χ0) is 15.5. The summed E-state index contributed by atoms with van der Waals surface area (Å²) in [6.07, 6.45) is 0. The molecule has 1 heterocycles. The van der Waals surface area contributed by atoms with E-state index in [1.807, 2.05) is 30.5 Å². The van der Waals surface area contributed by atoms with Gasteiger partial charge in [0.15, 0.2) is 0 Å². The molecule has 0 saturated heterocycles. The molecule has 0 aliphatic carbocycles. The average molecular weight is 325 g/mol. The quantitative estimate of drug-likeness (QED) is 0.802. The number of anilines is 1. The summed E-state index contributed by atoms with van der Waals surface area (Å²) < 4.78 is 0. The number of nitrogens with one attached hydrogen (secondary N) is 2. The maximum atomic E-state index is 11.9.